The molecule has 1 atom stereocenters. The highest BCUT2D eigenvalue weighted by atomic mass is 19.1. The Morgan fingerprint density at radius 1 is 1.21 bits per heavy atom. The zero-order valence-electron chi connectivity index (χ0n) is 11.2. The van der Waals surface area contributed by atoms with Crippen molar-refractivity contribution in [3.05, 3.63) is 47.3 Å². The SMILES string of the molecule is Cc1nnc2n1CCN([C@@H](C)c1ccccc1F)C2. The third kappa shape index (κ3) is 2.14. The van der Waals surface area contributed by atoms with E-state index < -0.39 is 0 Å². The van der Waals surface area contributed by atoms with E-state index in [4.69, 9.17) is 0 Å². The average Bonchev–Trinajstić information content (AvgIpc) is 2.80. The van der Waals surface area contributed by atoms with Gasteiger partial charge < -0.3 is 4.57 Å². The Morgan fingerprint density at radius 2 is 2.00 bits per heavy atom. The molecule has 19 heavy (non-hydrogen) atoms. The first-order valence-electron chi connectivity index (χ1n) is 6.54. The summed E-state index contributed by atoms with van der Waals surface area (Å²) in [5.41, 5.74) is 0.743. The van der Waals surface area contributed by atoms with Crippen LogP contribution >= 0.6 is 0 Å². The fourth-order valence-corrected chi connectivity index (χ4v) is 2.66. The summed E-state index contributed by atoms with van der Waals surface area (Å²) in [5, 5.41) is 8.28. The zero-order chi connectivity index (χ0) is 13.4. The first-order valence-corrected chi connectivity index (χ1v) is 6.54. The minimum absolute atomic E-state index is 0.0481. The van der Waals surface area contributed by atoms with Crippen LogP contribution in [-0.4, -0.2) is 26.2 Å². The number of aryl methyl sites for hydroxylation is 1. The molecule has 100 valence electrons. The lowest BCUT2D eigenvalue weighted by atomic mass is 10.1. The Kier molecular flexibility index (Phi) is 3.06. The fraction of sp³-hybridized carbons (Fsp3) is 0.429. The van der Waals surface area contributed by atoms with Crippen LogP contribution in [0.15, 0.2) is 24.3 Å². The molecule has 1 aliphatic rings. The number of rotatable bonds is 2. The molecule has 0 radical (unpaired) electrons. The van der Waals surface area contributed by atoms with Crippen molar-refractivity contribution in [2.45, 2.75) is 33.0 Å². The molecule has 1 aromatic heterocycles. The van der Waals surface area contributed by atoms with E-state index in [0.717, 1.165) is 36.8 Å². The maximum Gasteiger partial charge on any atom is 0.147 e. The number of aromatic nitrogens is 3. The van der Waals surface area contributed by atoms with E-state index in [-0.39, 0.29) is 11.9 Å². The van der Waals surface area contributed by atoms with Crippen molar-refractivity contribution in [1.82, 2.24) is 19.7 Å². The van der Waals surface area contributed by atoms with Gasteiger partial charge in [-0.15, -0.1) is 10.2 Å². The van der Waals surface area contributed by atoms with E-state index >= 15 is 0 Å². The molecule has 0 saturated heterocycles. The van der Waals surface area contributed by atoms with Gasteiger partial charge in [0.2, 0.25) is 0 Å². The summed E-state index contributed by atoms with van der Waals surface area (Å²) in [6.45, 7) is 6.48. The molecule has 0 unspecified atom stereocenters. The molecule has 3 rings (SSSR count). The predicted octanol–water partition coefficient (Wildman–Crippen LogP) is 2.30. The smallest absolute Gasteiger partial charge is 0.147 e. The lowest BCUT2D eigenvalue weighted by Gasteiger charge is -2.33. The molecule has 1 aromatic carbocycles. The van der Waals surface area contributed by atoms with Crippen LogP contribution in [0, 0.1) is 12.7 Å². The van der Waals surface area contributed by atoms with Crippen molar-refractivity contribution in [2.24, 2.45) is 0 Å². The summed E-state index contributed by atoms with van der Waals surface area (Å²) in [6.07, 6.45) is 0. The van der Waals surface area contributed by atoms with Crippen molar-refractivity contribution in [3.63, 3.8) is 0 Å². The van der Waals surface area contributed by atoms with Crippen molar-refractivity contribution in [2.75, 3.05) is 6.54 Å². The van der Waals surface area contributed by atoms with Crippen LogP contribution in [0.4, 0.5) is 4.39 Å². The van der Waals surface area contributed by atoms with Crippen molar-refractivity contribution in [1.29, 1.82) is 0 Å². The highest BCUT2D eigenvalue weighted by Gasteiger charge is 2.25. The van der Waals surface area contributed by atoms with E-state index in [1.54, 1.807) is 6.07 Å². The molecule has 0 amide bonds. The Labute approximate surface area is 111 Å². The largest absolute Gasteiger partial charge is 0.313 e. The summed E-state index contributed by atoms with van der Waals surface area (Å²) < 4.78 is 16.0. The molecule has 0 aliphatic carbocycles. The lowest BCUT2D eigenvalue weighted by molar-refractivity contribution is 0.160. The summed E-state index contributed by atoms with van der Waals surface area (Å²) in [7, 11) is 0. The Bertz CT molecular complexity index is 593. The molecular weight excluding hydrogens is 243 g/mol. The third-order valence-corrected chi connectivity index (χ3v) is 3.87. The molecule has 2 heterocycles. The maximum absolute atomic E-state index is 13.8. The second-order valence-electron chi connectivity index (χ2n) is 4.98. The Morgan fingerprint density at radius 3 is 2.79 bits per heavy atom. The van der Waals surface area contributed by atoms with Gasteiger partial charge in [0.05, 0.1) is 6.54 Å². The van der Waals surface area contributed by atoms with Gasteiger partial charge in [-0.1, -0.05) is 18.2 Å². The molecule has 0 bridgehead atoms. The lowest BCUT2D eigenvalue weighted by Crippen LogP contribution is -2.36. The van der Waals surface area contributed by atoms with E-state index in [9.17, 15) is 4.39 Å². The third-order valence-electron chi connectivity index (χ3n) is 3.87. The number of hydrogen-bond donors (Lipinski definition) is 0. The van der Waals surface area contributed by atoms with Crippen LogP contribution in [0.25, 0.3) is 0 Å². The topological polar surface area (TPSA) is 34.0 Å². The summed E-state index contributed by atoms with van der Waals surface area (Å²) in [4.78, 5) is 2.24. The first kappa shape index (κ1) is 12.3. The first-order chi connectivity index (χ1) is 9.16. The number of hydrogen-bond acceptors (Lipinski definition) is 3. The van der Waals surface area contributed by atoms with Gasteiger partial charge in [0, 0.05) is 24.7 Å². The molecule has 0 saturated carbocycles. The normalized spacial score (nSPS) is 17.2. The minimum atomic E-state index is -0.141. The second kappa shape index (κ2) is 4.74. The molecule has 0 N–H and O–H groups in total. The molecule has 2 aromatic rings. The van der Waals surface area contributed by atoms with E-state index in [2.05, 4.69) is 19.7 Å². The van der Waals surface area contributed by atoms with E-state index in [1.807, 2.05) is 26.0 Å². The van der Waals surface area contributed by atoms with Gasteiger partial charge in [0.25, 0.3) is 0 Å². The number of halogens is 1. The van der Waals surface area contributed by atoms with Crippen LogP contribution in [-0.2, 0) is 13.1 Å². The summed E-state index contributed by atoms with van der Waals surface area (Å²) >= 11 is 0. The van der Waals surface area contributed by atoms with Crippen LogP contribution in [0.1, 0.15) is 30.2 Å². The standard InChI is InChI=1S/C14H17FN4/c1-10(12-5-3-4-6-13(12)15)18-7-8-19-11(2)16-17-14(19)9-18/h3-6,10H,7-9H2,1-2H3/t10-/m0/s1. The van der Waals surface area contributed by atoms with E-state index in [1.165, 1.54) is 6.07 Å². The van der Waals surface area contributed by atoms with Crippen molar-refractivity contribution in [3.8, 4) is 0 Å². The molecular formula is C14H17FN4. The molecule has 1 aliphatic heterocycles. The second-order valence-corrected chi connectivity index (χ2v) is 4.98. The van der Waals surface area contributed by atoms with Crippen LogP contribution in [0.5, 0.6) is 0 Å². The number of fused-ring (bicyclic) bond motifs is 1. The zero-order valence-corrected chi connectivity index (χ0v) is 11.2. The van der Waals surface area contributed by atoms with Gasteiger partial charge >= 0.3 is 0 Å². The van der Waals surface area contributed by atoms with Gasteiger partial charge in [-0.3, -0.25) is 4.90 Å². The van der Waals surface area contributed by atoms with Crippen molar-refractivity contribution >= 4 is 0 Å². The molecule has 0 spiro atoms. The quantitative estimate of drug-likeness (QED) is 0.831. The maximum atomic E-state index is 13.8. The van der Waals surface area contributed by atoms with Gasteiger partial charge in [-0.2, -0.15) is 0 Å². The van der Waals surface area contributed by atoms with E-state index in [0.29, 0.717) is 0 Å². The minimum Gasteiger partial charge on any atom is -0.313 e. The Balaban J connectivity index is 1.83. The van der Waals surface area contributed by atoms with Gasteiger partial charge in [-0.05, 0) is 19.9 Å². The van der Waals surface area contributed by atoms with Crippen molar-refractivity contribution < 1.29 is 4.39 Å². The van der Waals surface area contributed by atoms with Gasteiger partial charge in [0.1, 0.15) is 17.5 Å². The molecule has 5 heteroatoms. The number of nitrogens with zero attached hydrogens (tertiary/aromatic N) is 4. The predicted molar refractivity (Wildman–Crippen MR) is 70.0 cm³/mol. The summed E-state index contributed by atoms with van der Waals surface area (Å²) in [6, 6.07) is 7.02. The van der Waals surface area contributed by atoms with Crippen LogP contribution < -0.4 is 0 Å². The van der Waals surface area contributed by atoms with Crippen LogP contribution in [0.3, 0.4) is 0 Å². The highest BCUT2D eigenvalue weighted by molar-refractivity contribution is 5.21. The molecule has 0 fully saturated rings. The number of benzene rings is 1. The van der Waals surface area contributed by atoms with Crippen LogP contribution in [0.2, 0.25) is 0 Å². The fourth-order valence-electron chi connectivity index (χ4n) is 2.66. The van der Waals surface area contributed by atoms with Gasteiger partial charge in [-0.25, -0.2) is 4.39 Å². The monoisotopic (exact) mass is 260 g/mol. The van der Waals surface area contributed by atoms with Gasteiger partial charge in [0.15, 0.2) is 0 Å². The molecule has 4 nitrogen and oxygen atoms in total. The highest BCUT2D eigenvalue weighted by Crippen LogP contribution is 2.26. The average molecular weight is 260 g/mol. The Hall–Kier alpha value is -1.75. The summed E-state index contributed by atoms with van der Waals surface area (Å²) in [5.74, 6) is 1.78.